The molecule has 4 aromatic rings. The molecule has 0 saturated heterocycles. The monoisotopic (exact) mass is 614 g/mol. The summed E-state index contributed by atoms with van der Waals surface area (Å²) < 4.78 is 22.7. The molecule has 0 aliphatic carbocycles. The molecule has 0 spiro atoms. The summed E-state index contributed by atoms with van der Waals surface area (Å²) in [6.07, 6.45) is 4.42. The smallest absolute Gasteiger partial charge is 0.339 e. The van der Waals surface area contributed by atoms with E-state index in [0.717, 1.165) is 40.0 Å². The van der Waals surface area contributed by atoms with Crippen LogP contribution in [-0.4, -0.2) is 55.7 Å². The van der Waals surface area contributed by atoms with Crippen molar-refractivity contribution < 1.29 is 28.5 Å². The Balaban J connectivity index is 0.00000506. The quantitative estimate of drug-likeness (QED) is 0.0510. The van der Waals surface area contributed by atoms with E-state index in [2.05, 4.69) is 24.0 Å². The molecule has 43 heavy (non-hydrogen) atoms. The molecule has 3 aromatic carbocycles. The zero-order valence-corrected chi connectivity index (χ0v) is 26.1. The van der Waals surface area contributed by atoms with Crippen molar-refractivity contribution in [3.63, 3.8) is 0 Å². The molecule has 4 rings (SSSR count). The summed E-state index contributed by atoms with van der Waals surface area (Å²) in [6, 6.07) is 16.8. The van der Waals surface area contributed by atoms with Crippen LogP contribution in [0.5, 0.6) is 17.2 Å². The summed E-state index contributed by atoms with van der Waals surface area (Å²) in [5, 5.41) is 0.283. The van der Waals surface area contributed by atoms with Crippen LogP contribution in [0.4, 0.5) is 0 Å². The Morgan fingerprint density at radius 3 is 2.33 bits per heavy atom. The average Bonchev–Trinajstić information content (AvgIpc) is 3.01. The van der Waals surface area contributed by atoms with Gasteiger partial charge in [0.15, 0.2) is 6.29 Å². The summed E-state index contributed by atoms with van der Waals surface area (Å²) in [5.41, 5.74) is 6.44. The number of nitrogens with zero attached hydrogens (tertiary/aromatic N) is 1. The Morgan fingerprint density at radius 2 is 1.60 bits per heavy atom. The third kappa shape index (κ3) is 8.55. The fourth-order valence-electron chi connectivity index (χ4n) is 4.42. The van der Waals surface area contributed by atoms with E-state index in [9.17, 15) is 9.59 Å². The summed E-state index contributed by atoms with van der Waals surface area (Å²) in [6.45, 7) is 4.97. The fraction of sp³-hybridized carbons (Fsp3) is 0.242. The zero-order valence-electron chi connectivity index (χ0n) is 24.6. The van der Waals surface area contributed by atoms with E-state index < -0.39 is 5.97 Å². The van der Waals surface area contributed by atoms with Gasteiger partial charge in [-0.1, -0.05) is 41.9 Å². The molecule has 1 aromatic heterocycles. The predicted octanol–water partition coefficient (Wildman–Crippen LogP) is 7.40. The number of aromatic nitrogens is 1. The number of alkyl halides is 1. The van der Waals surface area contributed by atoms with Crippen LogP contribution in [0.25, 0.3) is 11.1 Å². The fourth-order valence-corrected chi connectivity index (χ4v) is 4.76. The summed E-state index contributed by atoms with van der Waals surface area (Å²) in [7, 11) is 1.30. The van der Waals surface area contributed by atoms with Crippen molar-refractivity contribution in [2.45, 2.75) is 33.5 Å². The van der Waals surface area contributed by atoms with Gasteiger partial charge >= 0.3 is 5.97 Å². The van der Waals surface area contributed by atoms with E-state index in [1.54, 1.807) is 18.3 Å². The van der Waals surface area contributed by atoms with Crippen molar-refractivity contribution >= 4 is 54.3 Å². The Hall–Kier alpha value is -3.47. The van der Waals surface area contributed by atoms with Crippen LogP contribution in [0.2, 0.25) is 5.02 Å². The van der Waals surface area contributed by atoms with E-state index in [1.807, 2.05) is 31.2 Å². The molecular formula is C33H31Cl2LiNO6. The topological polar surface area (TPSA) is 84.0 Å². The number of ether oxygens (including phenoxy) is 4. The third-order valence-corrected chi connectivity index (χ3v) is 7.30. The molecule has 0 N–H and O–H groups in total. The number of benzene rings is 3. The number of halogens is 2. The van der Waals surface area contributed by atoms with Crippen LogP contribution in [0.3, 0.4) is 0 Å². The number of hydrogen-bond donors (Lipinski definition) is 0. The summed E-state index contributed by atoms with van der Waals surface area (Å²) in [5.74, 6) is 1.55. The molecule has 7 nitrogen and oxygen atoms in total. The molecule has 10 heteroatoms. The number of rotatable bonds is 13. The minimum atomic E-state index is -0.502. The van der Waals surface area contributed by atoms with Crippen LogP contribution < -0.4 is 14.2 Å². The maximum Gasteiger partial charge on any atom is 0.339 e. The van der Waals surface area contributed by atoms with Crippen LogP contribution in [0, 0.1) is 13.8 Å². The molecule has 0 bridgehead atoms. The standard InChI is InChI=1S/C33H31Cl2NO6.Li/c1-21-24(7-4-8-27(21)28-9-5-10-30(22(28)2)40-12-6-11-34)20-42-32-15-31(26(18-37)14-29(32)35)41-19-23-13-25(17-36-16-23)33(38)39-3;/h4-5,7-10,13-18H,6,11-12,19-20H2,1-3H3;. The first kappa shape index (κ1) is 34.0. The number of pyridine rings is 1. The molecule has 0 fully saturated rings. The molecule has 1 radical (unpaired) electrons. The Morgan fingerprint density at radius 1 is 0.884 bits per heavy atom. The zero-order chi connectivity index (χ0) is 30.1. The second-order valence-electron chi connectivity index (χ2n) is 9.50. The first-order chi connectivity index (χ1) is 20.4. The van der Waals surface area contributed by atoms with Gasteiger partial charge in [-0.3, -0.25) is 9.78 Å². The first-order valence-corrected chi connectivity index (χ1v) is 14.2. The van der Waals surface area contributed by atoms with E-state index >= 15 is 0 Å². The van der Waals surface area contributed by atoms with E-state index in [1.165, 1.54) is 19.4 Å². The largest absolute Gasteiger partial charge is 0.493 e. The van der Waals surface area contributed by atoms with Crippen LogP contribution in [0.1, 0.15) is 49.4 Å². The normalized spacial score (nSPS) is 10.4. The summed E-state index contributed by atoms with van der Waals surface area (Å²) in [4.78, 5) is 27.6. The Kier molecular flexibility index (Phi) is 13.0. The van der Waals surface area contributed by atoms with Gasteiger partial charge in [-0.25, -0.2) is 4.79 Å². The van der Waals surface area contributed by atoms with Crippen LogP contribution in [0.15, 0.2) is 67.0 Å². The number of carbonyl (C=O) groups is 2. The second-order valence-corrected chi connectivity index (χ2v) is 10.3. The van der Waals surface area contributed by atoms with Gasteiger partial charge in [0.1, 0.15) is 30.5 Å². The van der Waals surface area contributed by atoms with E-state index in [-0.39, 0.29) is 42.7 Å². The molecular weight excluding hydrogens is 584 g/mol. The Bertz CT molecular complexity index is 1580. The average molecular weight is 615 g/mol. The number of hydrogen-bond acceptors (Lipinski definition) is 7. The van der Waals surface area contributed by atoms with Crippen LogP contribution in [-0.2, 0) is 18.0 Å². The molecule has 0 aliphatic rings. The number of esters is 1. The minimum absolute atomic E-state index is 0. The van der Waals surface area contributed by atoms with Crippen molar-refractivity contribution in [3.8, 4) is 28.4 Å². The van der Waals surface area contributed by atoms with Crippen LogP contribution >= 0.6 is 23.2 Å². The van der Waals surface area contributed by atoms with Gasteiger partial charge in [0.05, 0.1) is 29.9 Å². The van der Waals surface area contributed by atoms with Gasteiger partial charge in [-0.15, -0.1) is 11.6 Å². The molecule has 0 amide bonds. The molecule has 1 heterocycles. The van der Waals surface area contributed by atoms with Crippen molar-refractivity contribution in [3.05, 3.63) is 105 Å². The third-order valence-electron chi connectivity index (χ3n) is 6.74. The first-order valence-electron chi connectivity index (χ1n) is 13.3. The minimum Gasteiger partial charge on any atom is -0.493 e. The van der Waals surface area contributed by atoms with E-state index in [4.69, 9.17) is 42.1 Å². The molecule has 0 saturated carbocycles. The molecule has 0 atom stereocenters. The van der Waals surface area contributed by atoms with Gasteiger partial charge in [0.2, 0.25) is 0 Å². The second kappa shape index (κ2) is 16.4. The predicted molar refractivity (Wildman–Crippen MR) is 169 cm³/mol. The van der Waals surface area contributed by atoms with Gasteiger partial charge in [-0.2, -0.15) is 0 Å². The number of carbonyl (C=O) groups excluding carboxylic acids is 2. The molecule has 0 unspecified atom stereocenters. The Labute approximate surface area is 273 Å². The maximum absolute atomic E-state index is 11.8. The maximum atomic E-state index is 11.8. The van der Waals surface area contributed by atoms with E-state index in [0.29, 0.717) is 41.4 Å². The van der Waals surface area contributed by atoms with Crippen molar-refractivity contribution in [1.29, 1.82) is 0 Å². The van der Waals surface area contributed by atoms with Crippen molar-refractivity contribution in [2.75, 3.05) is 19.6 Å². The number of methoxy groups -OCH3 is 1. The SMILES string of the molecule is COC(=O)c1cncc(COc2cc(OCc3cccc(-c4cccc(OCCCCl)c4C)c3C)c(Cl)cc2C=O)c1.[Li]. The van der Waals surface area contributed by atoms with Gasteiger partial charge in [0.25, 0.3) is 0 Å². The molecule has 0 aliphatic heterocycles. The van der Waals surface area contributed by atoms with Crippen molar-refractivity contribution in [1.82, 2.24) is 4.98 Å². The molecule has 219 valence electrons. The summed E-state index contributed by atoms with van der Waals surface area (Å²) >= 11 is 12.3. The number of aldehydes is 1. The van der Waals surface area contributed by atoms with Gasteiger partial charge in [-0.05, 0) is 66.3 Å². The van der Waals surface area contributed by atoms with Gasteiger partial charge in [0, 0.05) is 48.8 Å². The van der Waals surface area contributed by atoms with Crippen molar-refractivity contribution in [2.24, 2.45) is 0 Å². The van der Waals surface area contributed by atoms with Gasteiger partial charge < -0.3 is 18.9 Å².